The predicted octanol–water partition coefficient (Wildman–Crippen LogP) is -0.267. The summed E-state index contributed by atoms with van der Waals surface area (Å²) in [6.07, 6.45) is 2.02. The fraction of sp³-hybridized carbons (Fsp3) is 0.500. The van der Waals surface area contributed by atoms with E-state index in [-0.39, 0.29) is 36.4 Å². The smallest absolute Gasteiger partial charge is 0.239 e. The minimum absolute atomic E-state index is 0.0665. The standard InChI is InChI=1S/C14H19N3O4S/c1-11(18)17(13-5-7-22(20,21)10-13)9-14(19)16-8-12-4-2-3-6-15-12/h2-4,6,13H,5,7-10H2,1H3,(H,16,19). The molecule has 0 radical (unpaired) electrons. The van der Waals surface area contributed by atoms with E-state index in [1.165, 1.54) is 11.8 Å². The first-order chi connectivity index (χ1) is 10.4. The van der Waals surface area contributed by atoms with Crippen molar-refractivity contribution in [3.8, 4) is 0 Å². The lowest BCUT2D eigenvalue weighted by Crippen LogP contribution is -2.46. The van der Waals surface area contributed by atoms with Gasteiger partial charge in [-0.3, -0.25) is 14.6 Å². The molecule has 0 aromatic carbocycles. The van der Waals surface area contributed by atoms with Crippen LogP contribution in [0.4, 0.5) is 0 Å². The molecule has 2 amide bonds. The number of amides is 2. The van der Waals surface area contributed by atoms with Gasteiger partial charge in [-0.25, -0.2) is 8.42 Å². The summed E-state index contributed by atoms with van der Waals surface area (Å²) in [7, 11) is -3.10. The van der Waals surface area contributed by atoms with Crippen molar-refractivity contribution in [2.45, 2.75) is 25.9 Å². The summed E-state index contributed by atoms with van der Waals surface area (Å²) in [5, 5.41) is 2.68. The Hall–Kier alpha value is -1.96. The van der Waals surface area contributed by atoms with Crippen molar-refractivity contribution in [3.63, 3.8) is 0 Å². The van der Waals surface area contributed by atoms with Gasteiger partial charge in [0.1, 0.15) is 0 Å². The van der Waals surface area contributed by atoms with Crippen LogP contribution in [-0.2, 0) is 26.0 Å². The van der Waals surface area contributed by atoms with Crippen LogP contribution < -0.4 is 5.32 Å². The molecule has 1 atom stereocenters. The van der Waals surface area contributed by atoms with Crippen LogP contribution in [-0.4, -0.2) is 54.2 Å². The molecule has 0 aliphatic carbocycles. The molecule has 0 bridgehead atoms. The Bertz CT molecular complexity index is 645. The van der Waals surface area contributed by atoms with E-state index in [0.717, 1.165) is 0 Å². The zero-order valence-corrected chi connectivity index (χ0v) is 13.2. The Morgan fingerprint density at radius 2 is 2.18 bits per heavy atom. The molecular formula is C14H19N3O4S. The molecule has 0 spiro atoms. The lowest BCUT2D eigenvalue weighted by atomic mass is 10.2. The molecule has 1 aliphatic heterocycles. The summed E-state index contributed by atoms with van der Waals surface area (Å²) in [5.41, 5.74) is 0.716. The molecule has 1 aromatic heterocycles. The van der Waals surface area contributed by atoms with Crippen LogP contribution in [0.25, 0.3) is 0 Å². The summed E-state index contributed by atoms with van der Waals surface area (Å²) in [6, 6.07) is 4.97. The second-order valence-electron chi connectivity index (χ2n) is 5.30. The summed E-state index contributed by atoms with van der Waals surface area (Å²) < 4.78 is 23.0. The van der Waals surface area contributed by atoms with E-state index in [9.17, 15) is 18.0 Å². The molecule has 1 fully saturated rings. The number of carbonyl (C=O) groups is 2. The molecule has 1 unspecified atom stereocenters. The molecule has 1 N–H and O–H groups in total. The predicted molar refractivity (Wildman–Crippen MR) is 80.5 cm³/mol. The van der Waals surface area contributed by atoms with Crippen LogP contribution in [0.5, 0.6) is 0 Å². The maximum Gasteiger partial charge on any atom is 0.239 e. The molecule has 8 heteroatoms. The SMILES string of the molecule is CC(=O)N(CC(=O)NCc1ccccn1)C1CCS(=O)(=O)C1. The van der Waals surface area contributed by atoms with Gasteiger partial charge in [0.25, 0.3) is 0 Å². The van der Waals surface area contributed by atoms with Gasteiger partial charge in [0.05, 0.1) is 30.3 Å². The van der Waals surface area contributed by atoms with Crippen molar-refractivity contribution in [1.29, 1.82) is 0 Å². The van der Waals surface area contributed by atoms with Gasteiger partial charge in [0.15, 0.2) is 9.84 Å². The van der Waals surface area contributed by atoms with Crippen LogP contribution in [0.2, 0.25) is 0 Å². The average Bonchev–Trinajstić information content (AvgIpc) is 2.83. The fourth-order valence-corrected chi connectivity index (χ4v) is 4.15. The lowest BCUT2D eigenvalue weighted by Gasteiger charge is -2.26. The number of aromatic nitrogens is 1. The maximum absolute atomic E-state index is 12.0. The summed E-state index contributed by atoms with van der Waals surface area (Å²) in [6.45, 7) is 1.48. The third kappa shape index (κ3) is 4.52. The molecule has 1 aliphatic rings. The van der Waals surface area contributed by atoms with Gasteiger partial charge < -0.3 is 10.2 Å². The van der Waals surface area contributed by atoms with Gasteiger partial charge >= 0.3 is 0 Å². The first-order valence-corrected chi connectivity index (χ1v) is 8.84. The van der Waals surface area contributed by atoms with Gasteiger partial charge in [-0.1, -0.05) is 6.07 Å². The second-order valence-corrected chi connectivity index (χ2v) is 7.53. The molecule has 22 heavy (non-hydrogen) atoms. The van der Waals surface area contributed by atoms with E-state index in [4.69, 9.17) is 0 Å². The van der Waals surface area contributed by atoms with Gasteiger partial charge in [-0.15, -0.1) is 0 Å². The molecule has 7 nitrogen and oxygen atoms in total. The first-order valence-electron chi connectivity index (χ1n) is 7.01. The van der Waals surface area contributed by atoms with Crippen molar-refractivity contribution in [3.05, 3.63) is 30.1 Å². The number of carbonyl (C=O) groups excluding carboxylic acids is 2. The fourth-order valence-electron chi connectivity index (χ4n) is 2.42. The van der Waals surface area contributed by atoms with Gasteiger partial charge in [0.2, 0.25) is 11.8 Å². The largest absolute Gasteiger partial charge is 0.349 e. The number of pyridine rings is 1. The number of rotatable bonds is 5. The van der Waals surface area contributed by atoms with Crippen LogP contribution in [0.3, 0.4) is 0 Å². The second kappa shape index (κ2) is 6.87. The van der Waals surface area contributed by atoms with Crippen LogP contribution in [0, 0.1) is 0 Å². The van der Waals surface area contributed by atoms with E-state index in [2.05, 4.69) is 10.3 Å². The van der Waals surface area contributed by atoms with Crippen LogP contribution in [0.1, 0.15) is 19.0 Å². The highest BCUT2D eigenvalue weighted by molar-refractivity contribution is 7.91. The number of hydrogen-bond donors (Lipinski definition) is 1. The van der Waals surface area contributed by atoms with Crippen molar-refractivity contribution in [1.82, 2.24) is 15.2 Å². The molecule has 2 rings (SSSR count). The lowest BCUT2D eigenvalue weighted by molar-refractivity contribution is -0.136. The van der Waals surface area contributed by atoms with E-state index in [1.54, 1.807) is 18.3 Å². The van der Waals surface area contributed by atoms with E-state index < -0.39 is 15.9 Å². The minimum atomic E-state index is -3.10. The zero-order chi connectivity index (χ0) is 16.2. The highest BCUT2D eigenvalue weighted by atomic mass is 32.2. The maximum atomic E-state index is 12.0. The number of hydrogen-bond acceptors (Lipinski definition) is 5. The van der Waals surface area contributed by atoms with Crippen molar-refractivity contribution < 1.29 is 18.0 Å². The van der Waals surface area contributed by atoms with E-state index in [0.29, 0.717) is 12.1 Å². The molecular weight excluding hydrogens is 306 g/mol. The monoisotopic (exact) mass is 325 g/mol. The molecule has 2 heterocycles. The van der Waals surface area contributed by atoms with Crippen LogP contribution in [0.15, 0.2) is 24.4 Å². The third-order valence-electron chi connectivity index (χ3n) is 3.56. The quantitative estimate of drug-likeness (QED) is 0.804. The van der Waals surface area contributed by atoms with Crippen LogP contribution >= 0.6 is 0 Å². The number of sulfone groups is 1. The Morgan fingerprint density at radius 3 is 2.73 bits per heavy atom. The zero-order valence-electron chi connectivity index (χ0n) is 12.4. The molecule has 1 aromatic rings. The molecule has 0 saturated carbocycles. The highest BCUT2D eigenvalue weighted by Gasteiger charge is 2.34. The summed E-state index contributed by atoms with van der Waals surface area (Å²) >= 11 is 0. The van der Waals surface area contributed by atoms with Crippen molar-refractivity contribution in [2.75, 3.05) is 18.1 Å². The van der Waals surface area contributed by atoms with E-state index in [1.807, 2.05) is 6.07 Å². The molecule has 1 saturated heterocycles. The topological polar surface area (TPSA) is 96.4 Å². The number of nitrogens with zero attached hydrogens (tertiary/aromatic N) is 2. The number of nitrogens with one attached hydrogen (secondary N) is 1. The van der Waals surface area contributed by atoms with Crippen molar-refractivity contribution in [2.24, 2.45) is 0 Å². The Kier molecular flexibility index (Phi) is 5.12. The van der Waals surface area contributed by atoms with E-state index >= 15 is 0 Å². The Labute approximate surface area is 129 Å². The minimum Gasteiger partial charge on any atom is -0.349 e. The van der Waals surface area contributed by atoms with Crippen molar-refractivity contribution >= 4 is 21.7 Å². The molecule has 120 valence electrons. The van der Waals surface area contributed by atoms with Gasteiger partial charge in [-0.2, -0.15) is 0 Å². The average molecular weight is 325 g/mol. The third-order valence-corrected chi connectivity index (χ3v) is 5.31. The Morgan fingerprint density at radius 1 is 1.41 bits per heavy atom. The Balaban J connectivity index is 1.91. The first kappa shape index (κ1) is 16.4. The summed E-state index contributed by atoms with van der Waals surface area (Å²) in [5.74, 6) is -0.628. The van der Waals surface area contributed by atoms with Gasteiger partial charge in [-0.05, 0) is 18.6 Å². The summed E-state index contributed by atoms with van der Waals surface area (Å²) in [4.78, 5) is 29.1. The van der Waals surface area contributed by atoms with Gasteiger partial charge in [0, 0.05) is 19.2 Å². The normalized spacial score (nSPS) is 19.6. The highest BCUT2D eigenvalue weighted by Crippen LogP contribution is 2.17.